The summed E-state index contributed by atoms with van der Waals surface area (Å²) in [5, 5.41) is 7.14. The van der Waals surface area contributed by atoms with Crippen molar-refractivity contribution < 1.29 is 0 Å². The van der Waals surface area contributed by atoms with E-state index in [4.69, 9.17) is 5.73 Å². The molecule has 0 fully saturated rings. The molecule has 0 aliphatic rings. The van der Waals surface area contributed by atoms with Crippen molar-refractivity contribution in [2.24, 2.45) is 11.7 Å². The van der Waals surface area contributed by atoms with Gasteiger partial charge in [0.1, 0.15) is 0 Å². The first-order valence-electron chi connectivity index (χ1n) is 4.43. The summed E-state index contributed by atoms with van der Waals surface area (Å²) in [7, 11) is 0. The molecule has 1 aromatic heterocycles. The monoisotopic (exact) mass is 200 g/mol. The highest BCUT2D eigenvalue weighted by molar-refractivity contribution is 7.05. The van der Waals surface area contributed by atoms with Crippen LogP contribution in [-0.4, -0.2) is 22.2 Å². The summed E-state index contributed by atoms with van der Waals surface area (Å²) in [6, 6.07) is 0.377. The Morgan fingerprint density at radius 3 is 2.85 bits per heavy atom. The van der Waals surface area contributed by atoms with E-state index in [1.165, 1.54) is 11.5 Å². The second-order valence-electron chi connectivity index (χ2n) is 3.35. The van der Waals surface area contributed by atoms with Crippen molar-refractivity contribution in [1.29, 1.82) is 0 Å². The molecule has 3 N–H and O–H groups in total. The fourth-order valence-corrected chi connectivity index (χ4v) is 1.53. The Morgan fingerprint density at radius 1 is 1.62 bits per heavy atom. The molecule has 4 nitrogen and oxygen atoms in total. The van der Waals surface area contributed by atoms with E-state index >= 15 is 0 Å². The molecule has 13 heavy (non-hydrogen) atoms. The van der Waals surface area contributed by atoms with Crippen LogP contribution in [0.5, 0.6) is 0 Å². The Morgan fingerprint density at radius 2 is 2.38 bits per heavy atom. The first-order chi connectivity index (χ1) is 6.24. The van der Waals surface area contributed by atoms with Crippen molar-refractivity contribution in [3.8, 4) is 0 Å². The summed E-state index contributed by atoms with van der Waals surface area (Å²) in [5.74, 6) is 0.561. The Hall–Kier alpha value is -0.520. The van der Waals surface area contributed by atoms with Gasteiger partial charge < -0.3 is 11.1 Å². The summed E-state index contributed by atoms with van der Waals surface area (Å²) in [6.07, 6.45) is 1.78. The SMILES string of the molecule is CC(C)C(CN)NCc1cnns1. The zero-order valence-electron chi connectivity index (χ0n) is 8.03. The number of hydrogen-bond acceptors (Lipinski definition) is 5. The van der Waals surface area contributed by atoms with Gasteiger partial charge in [-0.05, 0) is 17.5 Å². The van der Waals surface area contributed by atoms with Crippen molar-refractivity contribution in [3.63, 3.8) is 0 Å². The molecule has 0 aliphatic carbocycles. The molecule has 0 aliphatic heterocycles. The van der Waals surface area contributed by atoms with Crippen LogP contribution in [0.3, 0.4) is 0 Å². The normalized spacial score (nSPS) is 13.5. The second-order valence-corrected chi connectivity index (χ2v) is 4.22. The predicted molar refractivity (Wildman–Crippen MR) is 54.4 cm³/mol. The lowest BCUT2D eigenvalue weighted by molar-refractivity contribution is 0.406. The molecule has 0 spiro atoms. The Bertz CT molecular complexity index is 222. The molecular weight excluding hydrogens is 184 g/mol. The van der Waals surface area contributed by atoms with Crippen molar-refractivity contribution in [3.05, 3.63) is 11.1 Å². The maximum absolute atomic E-state index is 5.62. The van der Waals surface area contributed by atoms with Gasteiger partial charge in [-0.2, -0.15) is 0 Å². The Kier molecular flexibility index (Phi) is 4.27. The molecule has 0 saturated heterocycles. The Labute approximate surface area is 82.7 Å². The van der Waals surface area contributed by atoms with E-state index in [0.717, 1.165) is 11.4 Å². The lowest BCUT2D eigenvalue weighted by Crippen LogP contribution is -2.39. The average molecular weight is 200 g/mol. The van der Waals surface area contributed by atoms with E-state index < -0.39 is 0 Å². The van der Waals surface area contributed by atoms with Gasteiger partial charge in [0.2, 0.25) is 0 Å². The van der Waals surface area contributed by atoms with Gasteiger partial charge in [0.15, 0.2) is 0 Å². The van der Waals surface area contributed by atoms with Gasteiger partial charge in [0.05, 0.1) is 11.1 Å². The maximum atomic E-state index is 5.62. The molecule has 1 rings (SSSR count). The quantitative estimate of drug-likeness (QED) is 0.731. The minimum Gasteiger partial charge on any atom is -0.329 e. The number of nitrogens with zero attached hydrogens (tertiary/aromatic N) is 2. The van der Waals surface area contributed by atoms with Crippen LogP contribution < -0.4 is 11.1 Å². The zero-order valence-corrected chi connectivity index (χ0v) is 8.84. The van der Waals surface area contributed by atoms with Crippen molar-refractivity contribution in [2.45, 2.75) is 26.4 Å². The molecule has 1 unspecified atom stereocenters. The number of aromatic nitrogens is 2. The highest BCUT2D eigenvalue weighted by atomic mass is 32.1. The minimum atomic E-state index is 0.377. The largest absolute Gasteiger partial charge is 0.329 e. The van der Waals surface area contributed by atoms with Crippen LogP contribution in [0.4, 0.5) is 0 Å². The van der Waals surface area contributed by atoms with E-state index in [0.29, 0.717) is 18.5 Å². The molecule has 0 radical (unpaired) electrons. The van der Waals surface area contributed by atoms with Crippen molar-refractivity contribution in [2.75, 3.05) is 6.54 Å². The van der Waals surface area contributed by atoms with E-state index in [2.05, 4.69) is 28.8 Å². The second kappa shape index (κ2) is 5.26. The van der Waals surface area contributed by atoms with Crippen LogP contribution in [0, 0.1) is 5.92 Å². The van der Waals surface area contributed by atoms with Gasteiger partial charge in [0, 0.05) is 19.1 Å². The average Bonchev–Trinajstić information content (AvgIpc) is 2.57. The van der Waals surface area contributed by atoms with Gasteiger partial charge in [-0.25, -0.2) is 0 Å². The Balaban J connectivity index is 2.32. The van der Waals surface area contributed by atoms with Crippen LogP contribution in [-0.2, 0) is 6.54 Å². The molecule has 0 bridgehead atoms. The van der Waals surface area contributed by atoms with E-state index in [-0.39, 0.29) is 0 Å². The third kappa shape index (κ3) is 3.38. The van der Waals surface area contributed by atoms with E-state index in [9.17, 15) is 0 Å². The van der Waals surface area contributed by atoms with Crippen LogP contribution >= 0.6 is 11.5 Å². The summed E-state index contributed by atoms with van der Waals surface area (Å²) in [6.45, 7) is 5.81. The lowest BCUT2D eigenvalue weighted by Gasteiger charge is -2.19. The molecule has 0 amide bonds. The third-order valence-electron chi connectivity index (χ3n) is 2.00. The summed E-state index contributed by atoms with van der Waals surface area (Å²) in [4.78, 5) is 1.15. The number of rotatable bonds is 5. The number of hydrogen-bond donors (Lipinski definition) is 2. The zero-order chi connectivity index (χ0) is 9.68. The fraction of sp³-hybridized carbons (Fsp3) is 0.750. The third-order valence-corrected chi connectivity index (χ3v) is 2.66. The summed E-state index contributed by atoms with van der Waals surface area (Å²) < 4.78 is 3.79. The maximum Gasteiger partial charge on any atom is 0.0666 e. The van der Waals surface area contributed by atoms with Gasteiger partial charge >= 0.3 is 0 Å². The van der Waals surface area contributed by atoms with Crippen LogP contribution in [0.1, 0.15) is 18.7 Å². The standard InChI is InChI=1S/C8H16N4S/c1-6(2)8(3-9)10-4-7-5-11-12-13-7/h5-6,8,10H,3-4,9H2,1-2H3. The van der Waals surface area contributed by atoms with Crippen LogP contribution in [0.25, 0.3) is 0 Å². The molecule has 0 saturated carbocycles. The highest BCUT2D eigenvalue weighted by Crippen LogP contribution is 2.04. The number of nitrogens with two attached hydrogens (primary N) is 1. The molecule has 1 heterocycles. The summed E-state index contributed by atoms with van der Waals surface area (Å²) >= 11 is 1.42. The van der Waals surface area contributed by atoms with Gasteiger partial charge in [0.25, 0.3) is 0 Å². The van der Waals surface area contributed by atoms with E-state index in [1.807, 2.05) is 0 Å². The van der Waals surface area contributed by atoms with Crippen molar-refractivity contribution in [1.82, 2.24) is 14.9 Å². The molecule has 1 aromatic rings. The summed E-state index contributed by atoms with van der Waals surface area (Å²) in [5.41, 5.74) is 5.62. The fourth-order valence-electron chi connectivity index (χ4n) is 1.09. The minimum absolute atomic E-state index is 0.377. The van der Waals surface area contributed by atoms with Crippen LogP contribution in [0.15, 0.2) is 6.20 Å². The van der Waals surface area contributed by atoms with Crippen LogP contribution in [0.2, 0.25) is 0 Å². The number of nitrogens with one attached hydrogen (secondary N) is 1. The molecule has 0 aromatic carbocycles. The van der Waals surface area contributed by atoms with Gasteiger partial charge in [-0.1, -0.05) is 18.3 Å². The van der Waals surface area contributed by atoms with Crippen molar-refractivity contribution >= 4 is 11.5 Å². The lowest BCUT2D eigenvalue weighted by atomic mass is 10.1. The van der Waals surface area contributed by atoms with Gasteiger partial charge in [-0.3, -0.25) is 0 Å². The molecule has 74 valence electrons. The highest BCUT2D eigenvalue weighted by Gasteiger charge is 2.10. The topological polar surface area (TPSA) is 63.8 Å². The van der Waals surface area contributed by atoms with Gasteiger partial charge in [-0.15, -0.1) is 5.10 Å². The molecule has 5 heteroatoms. The molecule has 1 atom stereocenters. The smallest absolute Gasteiger partial charge is 0.0666 e. The van der Waals surface area contributed by atoms with E-state index in [1.54, 1.807) is 6.20 Å². The molecular formula is C8H16N4S. The predicted octanol–water partition coefficient (Wildman–Crippen LogP) is 0.611. The first-order valence-corrected chi connectivity index (χ1v) is 5.21. The first kappa shape index (κ1) is 10.6.